The summed E-state index contributed by atoms with van der Waals surface area (Å²) in [6.07, 6.45) is 2.25. The fourth-order valence-electron chi connectivity index (χ4n) is 3.16. The van der Waals surface area contributed by atoms with Crippen LogP contribution in [-0.4, -0.2) is 18.3 Å². The highest BCUT2D eigenvalue weighted by molar-refractivity contribution is 5.47. The lowest BCUT2D eigenvalue weighted by Gasteiger charge is -2.22. The molecule has 2 aliphatic carbocycles. The molecule has 0 spiro atoms. The topological polar surface area (TPSA) is 29.5 Å². The molecule has 0 heterocycles. The standard InChI is InChI=1S/C14H18O2/c1-2-7-16-13-11-6-4-3-5-10(11)12-8-14(12,13)9-15/h3-6,12-13,15H,2,7-9H2,1H3/t12-,13+,14+/m1/s1. The largest absolute Gasteiger partial charge is 0.396 e. The second kappa shape index (κ2) is 3.57. The monoisotopic (exact) mass is 218 g/mol. The van der Waals surface area contributed by atoms with Crippen LogP contribution in [0.1, 0.15) is 42.9 Å². The minimum Gasteiger partial charge on any atom is -0.396 e. The van der Waals surface area contributed by atoms with Gasteiger partial charge in [0.2, 0.25) is 0 Å². The van der Waals surface area contributed by atoms with Gasteiger partial charge in [-0.1, -0.05) is 31.2 Å². The Labute approximate surface area is 96.2 Å². The molecule has 16 heavy (non-hydrogen) atoms. The van der Waals surface area contributed by atoms with Crippen molar-refractivity contribution in [3.63, 3.8) is 0 Å². The molecular weight excluding hydrogens is 200 g/mol. The summed E-state index contributed by atoms with van der Waals surface area (Å²) in [5.41, 5.74) is 2.72. The third-order valence-corrected chi connectivity index (χ3v) is 4.08. The summed E-state index contributed by atoms with van der Waals surface area (Å²) >= 11 is 0. The van der Waals surface area contributed by atoms with Gasteiger partial charge in [0.1, 0.15) is 0 Å². The Kier molecular flexibility index (Phi) is 2.30. The molecule has 1 N–H and O–H groups in total. The van der Waals surface area contributed by atoms with Gasteiger partial charge < -0.3 is 9.84 Å². The Morgan fingerprint density at radius 1 is 1.38 bits per heavy atom. The lowest BCUT2D eigenvalue weighted by Crippen LogP contribution is -2.19. The van der Waals surface area contributed by atoms with Crippen LogP contribution in [0.25, 0.3) is 0 Å². The number of hydrogen-bond donors (Lipinski definition) is 1. The van der Waals surface area contributed by atoms with Crippen LogP contribution in [0.2, 0.25) is 0 Å². The molecule has 0 saturated heterocycles. The van der Waals surface area contributed by atoms with Gasteiger partial charge in [0.25, 0.3) is 0 Å². The van der Waals surface area contributed by atoms with Gasteiger partial charge >= 0.3 is 0 Å². The van der Waals surface area contributed by atoms with Crippen molar-refractivity contribution in [3.05, 3.63) is 35.4 Å². The molecule has 0 bridgehead atoms. The molecule has 1 aromatic carbocycles. The van der Waals surface area contributed by atoms with Crippen molar-refractivity contribution in [1.29, 1.82) is 0 Å². The molecule has 3 atom stereocenters. The molecule has 1 saturated carbocycles. The molecule has 86 valence electrons. The van der Waals surface area contributed by atoms with Gasteiger partial charge in [-0.2, -0.15) is 0 Å². The quantitative estimate of drug-likeness (QED) is 0.841. The molecule has 0 radical (unpaired) electrons. The number of fused-ring (bicyclic) bond motifs is 3. The zero-order valence-corrected chi connectivity index (χ0v) is 9.65. The number of benzene rings is 1. The Morgan fingerprint density at radius 3 is 2.81 bits per heavy atom. The van der Waals surface area contributed by atoms with E-state index in [9.17, 15) is 5.11 Å². The predicted molar refractivity (Wildman–Crippen MR) is 62.3 cm³/mol. The van der Waals surface area contributed by atoms with E-state index in [1.54, 1.807) is 0 Å². The smallest absolute Gasteiger partial charge is 0.0911 e. The van der Waals surface area contributed by atoms with Gasteiger partial charge in [0.05, 0.1) is 12.7 Å². The summed E-state index contributed by atoms with van der Waals surface area (Å²) in [5, 5.41) is 9.63. The lowest BCUT2D eigenvalue weighted by atomic mass is 9.98. The van der Waals surface area contributed by atoms with Gasteiger partial charge in [-0.15, -0.1) is 0 Å². The Bertz CT molecular complexity index is 401. The first-order chi connectivity index (χ1) is 7.83. The molecule has 1 fully saturated rings. The average Bonchev–Trinajstić information content (AvgIpc) is 3.01. The molecule has 2 heteroatoms. The third kappa shape index (κ3) is 1.20. The molecule has 0 aliphatic heterocycles. The van der Waals surface area contributed by atoms with Gasteiger partial charge in [-0.05, 0) is 29.9 Å². The van der Waals surface area contributed by atoms with Crippen LogP contribution in [-0.2, 0) is 4.74 Å². The van der Waals surface area contributed by atoms with E-state index < -0.39 is 0 Å². The number of ether oxygens (including phenoxy) is 1. The number of aliphatic hydroxyl groups excluding tert-OH is 1. The highest BCUT2D eigenvalue weighted by atomic mass is 16.5. The van der Waals surface area contributed by atoms with Crippen molar-refractivity contribution in [2.75, 3.05) is 13.2 Å². The second-order valence-electron chi connectivity index (χ2n) is 5.03. The van der Waals surface area contributed by atoms with Gasteiger partial charge in [0.15, 0.2) is 0 Å². The molecule has 0 amide bonds. The molecule has 3 rings (SSSR count). The van der Waals surface area contributed by atoms with E-state index in [4.69, 9.17) is 4.74 Å². The van der Waals surface area contributed by atoms with Crippen LogP contribution in [0.15, 0.2) is 24.3 Å². The third-order valence-electron chi connectivity index (χ3n) is 4.08. The Hall–Kier alpha value is -0.860. The molecule has 1 aromatic rings. The average molecular weight is 218 g/mol. The van der Waals surface area contributed by atoms with Crippen molar-refractivity contribution in [1.82, 2.24) is 0 Å². The maximum atomic E-state index is 9.63. The fourth-order valence-corrected chi connectivity index (χ4v) is 3.16. The zero-order valence-electron chi connectivity index (χ0n) is 9.65. The van der Waals surface area contributed by atoms with E-state index in [0.717, 1.165) is 19.4 Å². The predicted octanol–water partition coefficient (Wildman–Crippen LogP) is 2.63. The lowest BCUT2D eigenvalue weighted by molar-refractivity contribution is -0.0158. The molecule has 2 nitrogen and oxygen atoms in total. The van der Waals surface area contributed by atoms with Gasteiger partial charge in [-0.3, -0.25) is 0 Å². The summed E-state index contributed by atoms with van der Waals surface area (Å²) in [6, 6.07) is 8.49. The van der Waals surface area contributed by atoms with E-state index in [0.29, 0.717) is 5.92 Å². The minimum atomic E-state index is 0.0128. The van der Waals surface area contributed by atoms with E-state index in [2.05, 4.69) is 31.2 Å². The molecular formula is C14H18O2. The number of rotatable bonds is 4. The van der Waals surface area contributed by atoms with Crippen LogP contribution in [0.4, 0.5) is 0 Å². The van der Waals surface area contributed by atoms with Crippen LogP contribution < -0.4 is 0 Å². The Balaban J connectivity index is 1.94. The summed E-state index contributed by atoms with van der Waals surface area (Å²) in [5.74, 6) is 0.538. The number of hydrogen-bond acceptors (Lipinski definition) is 2. The maximum absolute atomic E-state index is 9.63. The van der Waals surface area contributed by atoms with Crippen LogP contribution >= 0.6 is 0 Å². The first-order valence-corrected chi connectivity index (χ1v) is 6.15. The number of aliphatic hydroxyl groups is 1. The SMILES string of the molecule is CCCO[C@H]1c2ccccc2[C@H]2C[C@]21CO. The first-order valence-electron chi connectivity index (χ1n) is 6.15. The normalized spacial score (nSPS) is 34.6. The van der Waals surface area contributed by atoms with Gasteiger partial charge in [-0.25, -0.2) is 0 Å². The van der Waals surface area contributed by atoms with Crippen LogP contribution in [0.3, 0.4) is 0 Å². The van der Waals surface area contributed by atoms with E-state index >= 15 is 0 Å². The fraction of sp³-hybridized carbons (Fsp3) is 0.571. The molecule has 0 aromatic heterocycles. The highest BCUT2D eigenvalue weighted by Crippen LogP contribution is 2.72. The van der Waals surface area contributed by atoms with Gasteiger partial charge in [0, 0.05) is 12.0 Å². The van der Waals surface area contributed by atoms with Crippen molar-refractivity contribution < 1.29 is 9.84 Å². The first kappa shape index (κ1) is 10.3. The Morgan fingerprint density at radius 2 is 2.12 bits per heavy atom. The summed E-state index contributed by atoms with van der Waals surface area (Å²) in [4.78, 5) is 0. The van der Waals surface area contributed by atoms with Crippen LogP contribution in [0.5, 0.6) is 0 Å². The summed E-state index contributed by atoms with van der Waals surface area (Å²) < 4.78 is 5.97. The second-order valence-corrected chi connectivity index (χ2v) is 5.03. The minimum absolute atomic E-state index is 0.0128. The van der Waals surface area contributed by atoms with E-state index in [1.807, 2.05) is 0 Å². The summed E-state index contributed by atoms with van der Waals surface area (Å²) in [7, 11) is 0. The summed E-state index contributed by atoms with van der Waals surface area (Å²) in [6.45, 7) is 3.16. The molecule has 0 unspecified atom stereocenters. The zero-order chi connectivity index (χ0) is 11.2. The van der Waals surface area contributed by atoms with E-state index in [1.165, 1.54) is 11.1 Å². The van der Waals surface area contributed by atoms with Crippen molar-refractivity contribution >= 4 is 0 Å². The van der Waals surface area contributed by atoms with E-state index in [-0.39, 0.29) is 18.1 Å². The van der Waals surface area contributed by atoms with Crippen molar-refractivity contribution in [3.8, 4) is 0 Å². The van der Waals surface area contributed by atoms with Crippen molar-refractivity contribution in [2.45, 2.75) is 31.8 Å². The highest BCUT2D eigenvalue weighted by Gasteiger charge is 2.65. The van der Waals surface area contributed by atoms with Crippen LogP contribution in [0, 0.1) is 5.41 Å². The molecule has 2 aliphatic rings. The van der Waals surface area contributed by atoms with Crippen molar-refractivity contribution in [2.24, 2.45) is 5.41 Å². The maximum Gasteiger partial charge on any atom is 0.0911 e.